The highest BCUT2D eigenvalue weighted by Crippen LogP contribution is 2.27. The van der Waals surface area contributed by atoms with Crippen molar-refractivity contribution in [2.45, 2.75) is 31.8 Å². The van der Waals surface area contributed by atoms with Crippen LogP contribution in [0.5, 0.6) is 0 Å². The van der Waals surface area contributed by atoms with Gasteiger partial charge in [-0.1, -0.05) is 12.1 Å². The van der Waals surface area contributed by atoms with E-state index in [0.717, 1.165) is 18.4 Å². The Morgan fingerprint density at radius 3 is 3.00 bits per heavy atom. The van der Waals surface area contributed by atoms with Crippen molar-refractivity contribution in [2.75, 3.05) is 25.6 Å². The molecule has 0 bridgehead atoms. The summed E-state index contributed by atoms with van der Waals surface area (Å²) in [5.41, 5.74) is 0.891. The van der Waals surface area contributed by atoms with E-state index in [0.29, 0.717) is 31.9 Å². The molecule has 2 amide bonds. The van der Waals surface area contributed by atoms with E-state index in [1.807, 2.05) is 17.2 Å². The molecule has 3 rings (SSSR count). The van der Waals surface area contributed by atoms with Crippen molar-refractivity contribution in [1.82, 2.24) is 14.7 Å². The Morgan fingerprint density at radius 2 is 2.28 bits per heavy atom. The predicted octanol–water partition coefficient (Wildman–Crippen LogP) is 2.91. The normalized spacial score (nSPS) is 13.7. The first-order chi connectivity index (χ1) is 12.2. The van der Waals surface area contributed by atoms with Crippen molar-refractivity contribution >= 4 is 11.8 Å². The summed E-state index contributed by atoms with van der Waals surface area (Å²) in [5, 5.41) is 7.16. The average molecular weight is 346 g/mol. The molecule has 2 aromatic rings. The second kappa shape index (κ2) is 8.11. The molecule has 0 aliphatic heterocycles. The monoisotopic (exact) mass is 346 g/mol. The molecule has 1 N–H and O–H groups in total. The highest BCUT2D eigenvalue weighted by Gasteiger charge is 2.32. The Balaban J connectivity index is 1.56. The Morgan fingerprint density at radius 1 is 1.44 bits per heavy atom. The highest BCUT2D eigenvalue weighted by molar-refractivity contribution is 5.88. The van der Waals surface area contributed by atoms with E-state index in [4.69, 9.17) is 4.74 Å². The van der Waals surface area contributed by atoms with Gasteiger partial charge in [0, 0.05) is 32.0 Å². The zero-order valence-corrected chi connectivity index (χ0v) is 14.3. The lowest BCUT2D eigenvalue weighted by Gasteiger charge is -2.22. The number of amides is 2. The molecule has 1 aliphatic carbocycles. The number of rotatable bonds is 8. The van der Waals surface area contributed by atoms with Gasteiger partial charge in [0.15, 0.2) is 5.82 Å². The first-order valence-corrected chi connectivity index (χ1v) is 8.50. The maximum atomic E-state index is 13.3. The van der Waals surface area contributed by atoms with Crippen LogP contribution in [0, 0.1) is 5.82 Å². The second-order valence-corrected chi connectivity index (χ2v) is 6.19. The predicted molar refractivity (Wildman–Crippen MR) is 93.0 cm³/mol. The van der Waals surface area contributed by atoms with E-state index in [1.165, 1.54) is 12.1 Å². The third-order valence-corrected chi connectivity index (χ3v) is 4.18. The van der Waals surface area contributed by atoms with Crippen LogP contribution in [0.4, 0.5) is 15.0 Å². The largest absolute Gasteiger partial charge is 0.383 e. The molecular formula is C18H23FN4O2. The van der Waals surface area contributed by atoms with Crippen molar-refractivity contribution in [3.8, 4) is 0 Å². The zero-order valence-electron chi connectivity index (χ0n) is 14.3. The van der Waals surface area contributed by atoms with Gasteiger partial charge in [0.2, 0.25) is 0 Å². The Labute approximate surface area is 146 Å². The number of carbonyl (C=O) groups is 1. The second-order valence-electron chi connectivity index (χ2n) is 6.19. The third-order valence-electron chi connectivity index (χ3n) is 4.18. The number of hydrogen-bond acceptors (Lipinski definition) is 3. The fraction of sp³-hybridized carbons (Fsp3) is 0.444. The van der Waals surface area contributed by atoms with Gasteiger partial charge in [-0.05, 0) is 37.0 Å². The van der Waals surface area contributed by atoms with Crippen molar-refractivity contribution in [1.29, 1.82) is 0 Å². The van der Waals surface area contributed by atoms with Gasteiger partial charge < -0.3 is 9.64 Å². The Kier molecular flexibility index (Phi) is 5.65. The lowest BCUT2D eigenvalue weighted by Crippen LogP contribution is -2.38. The van der Waals surface area contributed by atoms with Crippen LogP contribution in [0.2, 0.25) is 0 Å². The number of nitrogens with one attached hydrogen (secondary N) is 1. The minimum absolute atomic E-state index is 0.157. The molecule has 6 nitrogen and oxygen atoms in total. The van der Waals surface area contributed by atoms with E-state index in [9.17, 15) is 9.18 Å². The van der Waals surface area contributed by atoms with Crippen LogP contribution in [0.1, 0.15) is 18.4 Å². The Bertz CT molecular complexity index is 715. The van der Waals surface area contributed by atoms with Gasteiger partial charge in [0.05, 0.1) is 13.2 Å². The maximum Gasteiger partial charge on any atom is 0.323 e. The lowest BCUT2D eigenvalue weighted by atomic mass is 10.1. The van der Waals surface area contributed by atoms with Gasteiger partial charge in [-0.2, -0.15) is 5.10 Å². The summed E-state index contributed by atoms with van der Waals surface area (Å²) in [6.45, 7) is 1.76. The van der Waals surface area contributed by atoms with Crippen LogP contribution in [-0.2, 0) is 17.7 Å². The lowest BCUT2D eigenvalue weighted by molar-refractivity contribution is 0.183. The van der Waals surface area contributed by atoms with Crippen molar-refractivity contribution in [2.24, 2.45) is 0 Å². The van der Waals surface area contributed by atoms with Gasteiger partial charge in [0.1, 0.15) is 5.82 Å². The molecule has 0 saturated heterocycles. The summed E-state index contributed by atoms with van der Waals surface area (Å²) >= 11 is 0. The summed E-state index contributed by atoms with van der Waals surface area (Å²) in [7, 11) is 1.64. The van der Waals surface area contributed by atoms with Gasteiger partial charge in [-0.3, -0.25) is 10.00 Å². The van der Waals surface area contributed by atoms with Crippen LogP contribution >= 0.6 is 0 Å². The standard InChI is InChI=1S/C18H23FN4O2/c1-25-12-11-22-9-8-17(21-22)20-18(24)23(16-5-6-16)10-7-14-3-2-4-15(19)13-14/h2-4,8-9,13,16H,5-7,10-12H2,1H3,(H,20,21,24). The fourth-order valence-electron chi connectivity index (χ4n) is 2.70. The molecule has 1 aliphatic rings. The smallest absolute Gasteiger partial charge is 0.323 e. The molecule has 1 saturated carbocycles. The maximum absolute atomic E-state index is 13.3. The van der Waals surface area contributed by atoms with Gasteiger partial charge in [-0.25, -0.2) is 9.18 Å². The minimum Gasteiger partial charge on any atom is -0.383 e. The molecule has 1 heterocycles. The first-order valence-electron chi connectivity index (χ1n) is 8.50. The van der Waals surface area contributed by atoms with E-state index in [2.05, 4.69) is 10.4 Å². The van der Waals surface area contributed by atoms with Crippen molar-refractivity contribution in [3.63, 3.8) is 0 Å². The van der Waals surface area contributed by atoms with Gasteiger partial charge >= 0.3 is 6.03 Å². The molecule has 0 spiro atoms. The summed E-state index contributed by atoms with van der Waals surface area (Å²) in [4.78, 5) is 14.4. The van der Waals surface area contributed by atoms with Gasteiger partial charge in [0.25, 0.3) is 0 Å². The number of carbonyl (C=O) groups excluding carboxylic acids is 1. The molecular weight excluding hydrogens is 323 g/mol. The summed E-state index contributed by atoms with van der Waals surface area (Å²) in [5.74, 6) is 0.277. The van der Waals surface area contributed by atoms with Gasteiger partial charge in [-0.15, -0.1) is 0 Å². The van der Waals surface area contributed by atoms with Crippen LogP contribution in [0.15, 0.2) is 36.5 Å². The number of anilines is 1. The number of ether oxygens (including phenoxy) is 1. The topological polar surface area (TPSA) is 59.4 Å². The van der Waals surface area contributed by atoms with Crippen LogP contribution in [0.25, 0.3) is 0 Å². The minimum atomic E-state index is -0.249. The van der Waals surface area contributed by atoms with E-state index >= 15 is 0 Å². The number of nitrogens with zero attached hydrogens (tertiary/aromatic N) is 3. The number of aromatic nitrogens is 2. The summed E-state index contributed by atoms with van der Waals surface area (Å²) in [6, 6.07) is 8.39. The zero-order chi connectivity index (χ0) is 17.6. The van der Waals surface area contributed by atoms with Crippen LogP contribution in [0.3, 0.4) is 0 Å². The summed E-state index contributed by atoms with van der Waals surface area (Å²) in [6.07, 6.45) is 4.46. The van der Waals surface area contributed by atoms with E-state index < -0.39 is 0 Å². The first kappa shape index (κ1) is 17.4. The molecule has 1 aromatic carbocycles. The average Bonchev–Trinajstić information content (AvgIpc) is 3.33. The number of methoxy groups -OCH3 is 1. The number of benzene rings is 1. The number of halogens is 1. The van der Waals surface area contributed by atoms with E-state index in [-0.39, 0.29) is 17.9 Å². The fourth-order valence-corrected chi connectivity index (χ4v) is 2.70. The Hall–Kier alpha value is -2.41. The molecule has 0 unspecified atom stereocenters. The third kappa shape index (κ3) is 5.03. The van der Waals surface area contributed by atoms with Crippen LogP contribution in [-0.4, -0.2) is 47.0 Å². The van der Waals surface area contributed by atoms with Crippen molar-refractivity contribution < 1.29 is 13.9 Å². The quantitative estimate of drug-likeness (QED) is 0.799. The molecule has 25 heavy (non-hydrogen) atoms. The molecule has 0 atom stereocenters. The number of urea groups is 1. The molecule has 0 radical (unpaired) electrons. The van der Waals surface area contributed by atoms with Crippen LogP contribution < -0.4 is 5.32 Å². The molecule has 1 aromatic heterocycles. The number of hydrogen-bond donors (Lipinski definition) is 1. The van der Waals surface area contributed by atoms with Crippen molar-refractivity contribution in [3.05, 3.63) is 47.9 Å². The highest BCUT2D eigenvalue weighted by atomic mass is 19.1. The van der Waals surface area contributed by atoms with E-state index in [1.54, 1.807) is 23.9 Å². The molecule has 7 heteroatoms. The SMILES string of the molecule is COCCn1ccc(NC(=O)N(CCc2cccc(F)c2)C2CC2)n1. The summed E-state index contributed by atoms with van der Waals surface area (Å²) < 4.78 is 20.0. The molecule has 134 valence electrons. The molecule has 1 fully saturated rings.